The fraction of sp³-hybridized carbons (Fsp3) is 0.333. The molecule has 0 aliphatic heterocycles. The quantitative estimate of drug-likeness (QED) is 0.430. The maximum atomic E-state index is 11.8. The second kappa shape index (κ2) is 8.08. The molecule has 0 spiro atoms. The van der Waals surface area contributed by atoms with Gasteiger partial charge in [-0.3, -0.25) is 0 Å². The number of rotatable bonds is 7. The summed E-state index contributed by atoms with van der Waals surface area (Å²) in [4.78, 5) is 23.0. The lowest BCUT2D eigenvalue weighted by Gasteiger charge is -2.17. The van der Waals surface area contributed by atoms with E-state index in [9.17, 15) is 9.59 Å². The van der Waals surface area contributed by atoms with Crippen LogP contribution in [-0.4, -0.2) is 18.2 Å². The SMILES string of the molecule is C=CC(=O)OC(CCCC)OC(=O)c1ccccc1. The van der Waals surface area contributed by atoms with Crippen LogP contribution in [0.3, 0.4) is 0 Å². The second-order valence-corrected chi connectivity index (χ2v) is 3.98. The third-order valence-corrected chi connectivity index (χ3v) is 2.46. The number of carbonyl (C=O) groups is 2. The molecule has 4 nitrogen and oxygen atoms in total. The van der Waals surface area contributed by atoms with E-state index < -0.39 is 18.2 Å². The highest BCUT2D eigenvalue weighted by molar-refractivity contribution is 5.89. The van der Waals surface area contributed by atoms with Crippen LogP contribution in [0.5, 0.6) is 0 Å². The van der Waals surface area contributed by atoms with Crippen molar-refractivity contribution in [1.29, 1.82) is 0 Å². The summed E-state index contributed by atoms with van der Waals surface area (Å²) in [5.74, 6) is -1.10. The van der Waals surface area contributed by atoms with Crippen LogP contribution in [0.1, 0.15) is 36.5 Å². The molecule has 19 heavy (non-hydrogen) atoms. The monoisotopic (exact) mass is 262 g/mol. The molecule has 0 aliphatic rings. The highest BCUT2D eigenvalue weighted by Crippen LogP contribution is 2.11. The summed E-state index contributed by atoms with van der Waals surface area (Å²) in [5.41, 5.74) is 0.429. The maximum Gasteiger partial charge on any atom is 0.341 e. The second-order valence-electron chi connectivity index (χ2n) is 3.98. The molecule has 0 N–H and O–H groups in total. The third kappa shape index (κ3) is 5.38. The van der Waals surface area contributed by atoms with Gasteiger partial charge in [-0.15, -0.1) is 0 Å². The lowest BCUT2D eigenvalue weighted by molar-refractivity contribution is -0.163. The molecule has 1 rings (SSSR count). The lowest BCUT2D eigenvalue weighted by Crippen LogP contribution is -2.24. The Hall–Kier alpha value is -2.10. The number of unbranched alkanes of at least 4 members (excludes halogenated alkanes) is 1. The zero-order chi connectivity index (χ0) is 14.1. The molecule has 1 aromatic carbocycles. The van der Waals surface area contributed by atoms with E-state index >= 15 is 0 Å². The summed E-state index contributed by atoms with van der Waals surface area (Å²) in [6.07, 6.45) is 2.39. The Balaban J connectivity index is 2.63. The van der Waals surface area contributed by atoms with Gasteiger partial charge in [0.1, 0.15) is 0 Å². The number of ether oxygens (including phenoxy) is 2. The average Bonchev–Trinajstić information content (AvgIpc) is 2.45. The predicted octanol–water partition coefficient (Wildman–Crippen LogP) is 3.09. The van der Waals surface area contributed by atoms with Crippen molar-refractivity contribution in [3.05, 3.63) is 48.6 Å². The minimum Gasteiger partial charge on any atom is -0.422 e. The molecule has 0 heterocycles. The summed E-state index contributed by atoms with van der Waals surface area (Å²) in [6, 6.07) is 8.59. The van der Waals surface area contributed by atoms with Crippen LogP contribution in [0.2, 0.25) is 0 Å². The minimum absolute atomic E-state index is 0.429. The van der Waals surface area contributed by atoms with Crippen molar-refractivity contribution < 1.29 is 19.1 Å². The number of esters is 2. The largest absolute Gasteiger partial charge is 0.422 e. The Morgan fingerprint density at radius 3 is 2.53 bits per heavy atom. The number of hydrogen-bond acceptors (Lipinski definition) is 4. The number of carbonyl (C=O) groups excluding carboxylic acids is 2. The summed E-state index contributed by atoms with van der Waals surface area (Å²) >= 11 is 0. The van der Waals surface area contributed by atoms with Crippen LogP contribution in [-0.2, 0) is 14.3 Å². The minimum atomic E-state index is -0.863. The van der Waals surface area contributed by atoms with Crippen LogP contribution < -0.4 is 0 Å². The topological polar surface area (TPSA) is 52.6 Å². The molecule has 0 aliphatic carbocycles. The van der Waals surface area contributed by atoms with Gasteiger partial charge < -0.3 is 9.47 Å². The van der Waals surface area contributed by atoms with Crippen molar-refractivity contribution in [1.82, 2.24) is 0 Å². The molecule has 0 radical (unpaired) electrons. The average molecular weight is 262 g/mol. The standard InChI is InChI=1S/C15H18O4/c1-3-5-11-14(18-13(16)4-2)19-15(17)12-9-7-6-8-10-12/h4,6-10,14H,2-3,5,11H2,1H3. The fourth-order valence-corrected chi connectivity index (χ4v) is 1.45. The molecule has 0 aromatic heterocycles. The Labute approximate surface area is 113 Å². The third-order valence-electron chi connectivity index (χ3n) is 2.46. The van der Waals surface area contributed by atoms with E-state index in [-0.39, 0.29) is 0 Å². The van der Waals surface area contributed by atoms with E-state index in [2.05, 4.69) is 6.58 Å². The fourth-order valence-electron chi connectivity index (χ4n) is 1.45. The Kier molecular flexibility index (Phi) is 6.36. The van der Waals surface area contributed by atoms with E-state index in [4.69, 9.17) is 9.47 Å². The first kappa shape index (κ1) is 15.0. The number of hydrogen-bond donors (Lipinski definition) is 0. The summed E-state index contributed by atoms with van der Waals surface area (Å²) in [5, 5.41) is 0. The van der Waals surface area contributed by atoms with Crippen LogP contribution in [0.25, 0.3) is 0 Å². The number of benzene rings is 1. The van der Waals surface area contributed by atoms with Crippen LogP contribution in [0.4, 0.5) is 0 Å². The molecule has 102 valence electrons. The lowest BCUT2D eigenvalue weighted by atomic mass is 10.2. The summed E-state index contributed by atoms with van der Waals surface area (Å²) < 4.78 is 10.2. The highest BCUT2D eigenvalue weighted by Gasteiger charge is 2.18. The van der Waals surface area contributed by atoms with Gasteiger partial charge >= 0.3 is 11.9 Å². The molecule has 1 atom stereocenters. The molecule has 1 aromatic rings. The molecular formula is C15H18O4. The Morgan fingerprint density at radius 2 is 1.95 bits per heavy atom. The van der Waals surface area contributed by atoms with Crippen molar-refractivity contribution in [3.63, 3.8) is 0 Å². The van der Waals surface area contributed by atoms with Crippen LogP contribution in [0.15, 0.2) is 43.0 Å². The van der Waals surface area contributed by atoms with Gasteiger partial charge in [0, 0.05) is 12.5 Å². The first-order valence-electron chi connectivity index (χ1n) is 6.26. The van der Waals surface area contributed by atoms with Crippen molar-refractivity contribution in [2.45, 2.75) is 32.5 Å². The van der Waals surface area contributed by atoms with Gasteiger partial charge in [0.05, 0.1) is 5.56 Å². The van der Waals surface area contributed by atoms with Gasteiger partial charge in [-0.2, -0.15) is 0 Å². The Bertz CT molecular complexity index is 425. The zero-order valence-corrected chi connectivity index (χ0v) is 11.0. The highest BCUT2D eigenvalue weighted by atomic mass is 16.7. The maximum absolute atomic E-state index is 11.8. The van der Waals surface area contributed by atoms with E-state index in [0.717, 1.165) is 18.9 Å². The van der Waals surface area contributed by atoms with Crippen molar-refractivity contribution in [2.24, 2.45) is 0 Å². The van der Waals surface area contributed by atoms with Crippen molar-refractivity contribution in [2.75, 3.05) is 0 Å². The molecule has 1 unspecified atom stereocenters. The molecule has 0 saturated heterocycles. The van der Waals surface area contributed by atoms with Gasteiger partial charge in [-0.1, -0.05) is 38.1 Å². The first-order chi connectivity index (χ1) is 9.17. The van der Waals surface area contributed by atoms with Gasteiger partial charge in [-0.25, -0.2) is 9.59 Å². The molecule has 4 heteroatoms. The van der Waals surface area contributed by atoms with E-state index in [1.54, 1.807) is 24.3 Å². The summed E-state index contributed by atoms with van der Waals surface area (Å²) in [6.45, 7) is 5.32. The van der Waals surface area contributed by atoms with Crippen molar-refractivity contribution >= 4 is 11.9 Å². The van der Waals surface area contributed by atoms with Gasteiger partial charge in [-0.05, 0) is 18.6 Å². The van der Waals surface area contributed by atoms with Gasteiger partial charge in [0.2, 0.25) is 6.29 Å². The molecule has 0 fully saturated rings. The molecule has 0 amide bonds. The smallest absolute Gasteiger partial charge is 0.341 e. The molecular weight excluding hydrogens is 244 g/mol. The normalized spacial score (nSPS) is 11.4. The van der Waals surface area contributed by atoms with Crippen LogP contribution >= 0.6 is 0 Å². The van der Waals surface area contributed by atoms with E-state index in [1.165, 1.54) is 0 Å². The van der Waals surface area contributed by atoms with Crippen molar-refractivity contribution in [3.8, 4) is 0 Å². The Morgan fingerprint density at radius 1 is 1.26 bits per heavy atom. The van der Waals surface area contributed by atoms with Gasteiger partial charge in [0.25, 0.3) is 0 Å². The van der Waals surface area contributed by atoms with Crippen LogP contribution in [0, 0.1) is 0 Å². The van der Waals surface area contributed by atoms with E-state index in [1.807, 2.05) is 13.0 Å². The first-order valence-corrected chi connectivity index (χ1v) is 6.26. The molecule has 0 bridgehead atoms. The van der Waals surface area contributed by atoms with E-state index in [0.29, 0.717) is 12.0 Å². The molecule has 0 saturated carbocycles. The predicted molar refractivity (Wildman–Crippen MR) is 71.5 cm³/mol. The van der Waals surface area contributed by atoms with Gasteiger partial charge in [0.15, 0.2) is 0 Å². The zero-order valence-electron chi connectivity index (χ0n) is 11.0. The summed E-state index contributed by atoms with van der Waals surface area (Å²) in [7, 11) is 0.